The first-order valence-electron chi connectivity index (χ1n) is 8.21. The van der Waals surface area contributed by atoms with Gasteiger partial charge in [-0.05, 0) is 62.7 Å². The van der Waals surface area contributed by atoms with Crippen LogP contribution in [0.15, 0.2) is 0 Å². The summed E-state index contributed by atoms with van der Waals surface area (Å²) in [6.45, 7) is 4.76. The molecule has 0 radical (unpaired) electrons. The second-order valence-corrected chi connectivity index (χ2v) is 7.02. The molecule has 0 saturated heterocycles. The molecule has 3 fully saturated rings. The minimum atomic E-state index is 0.201. The first-order chi connectivity index (χ1) is 9.19. The Morgan fingerprint density at radius 3 is 2.79 bits per heavy atom. The number of nitrogens with one attached hydrogen (secondary N) is 2. The van der Waals surface area contributed by atoms with Crippen LogP contribution in [-0.2, 0) is 4.79 Å². The molecule has 3 aliphatic rings. The molecule has 2 bridgehead atoms. The maximum Gasteiger partial charge on any atom is 0.234 e. The Hall–Kier alpha value is -0.570. The van der Waals surface area contributed by atoms with Crippen molar-refractivity contribution in [3.8, 4) is 0 Å². The molecule has 3 nitrogen and oxygen atoms in total. The zero-order chi connectivity index (χ0) is 13.4. The monoisotopic (exact) mass is 264 g/mol. The SMILES string of the molecule is CCC(C)NCC(=O)NC1CC2CC1C1CCCC21. The average Bonchev–Trinajstić information content (AvgIpc) is 3.07. The van der Waals surface area contributed by atoms with E-state index in [-0.39, 0.29) is 5.91 Å². The summed E-state index contributed by atoms with van der Waals surface area (Å²) < 4.78 is 0. The predicted octanol–water partition coefficient (Wildman–Crippen LogP) is 2.32. The van der Waals surface area contributed by atoms with Crippen molar-refractivity contribution in [3.05, 3.63) is 0 Å². The van der Waals surface area contributed by atoms with Crippen LogP contribution in [0.3, 0.4) is 0 Å². The van der Waals surface area contributed by atoms with Crippen molar-refractivity contribution < 1.29 is 4.79 Å². The highest BCUT2D eigenvalue weighted by Crippen LogP contribution is 2.58. The Balaban J connectivity index is 1.48. The highest BCUT2D eigenvalue weighted by molar-refractivity contribution is 5.78. The van der Waals surface area contributed by atoms with Crippen LogP contribution in [0.4, 0.5) is 0 Å². The van der Waals surface area contributed by atoms with Gasteiger partial charge in [-0.15, -0.1) is 0 Å². The van der Waals surface area contributed by atoms with Gasteiger partial charge >= 0.3 is 0 Å². The number of carbonyl (C=O) groups excluding carboxylic acids is 1. The summed E-state index contributed by atoms with van der Waals surface area (Å²) in [6.07, 6.45) is 8.02. The first-order valence-corrected chi connectivity index (χ1v) is 8.21. The molecule has 3 aliphatic carbocycles. The molecule has 0 aliphatic heterocycles. The van der Waals surface area contributed by atoms with Crippen LogP contribution in [0, 0.1) is 23.7 Å². The summed E-state index contributed by atoms with van der Waals surface area (Å²) >= 11 is 0. The highest BCUT2D eigenvalue weighted by Gasteiger charge is 2.53. The van der Waals surface area contributed by atoms with Crippen LogP contribution in [0.5, 0.6) is 0 Å². The fourth-order valence-corrected chi connectivity index (χ4v) is 4.90. The van der Waals surface area contributed by atoms with Crippen molar-refractivity contribution in [2.45, 2.75) is 64.5 Å². The van der Waals surface area contributed by atoms with E-state index in [0.717, 1.165) is 30.1 Å². The van der Waals surface area contributed by atoms with Crippen molar-refractivity contribution in [1.29, 1.82) is 0 Å². The first kappa shape index (κ1) is 13.4. The maximum absolute atomic E-state index is 12.0. The van der Waals surface area contributed by atoms with Crippen molar-refractivity contribution in [1.82, 2.24) is 10.6 Å². The molecule has 19 heavy (non-hydrogen) atoms. The van der Waals surface area contributed by atoms with E-state index in [2.05, 4.69) is 24.5 Å². The lowest BCUT2D eigenvalue weighted by Crippen LogP contribution is -2.46. The van der Waals surface area contributed by atoms with Crippen LogP contribution in [0.1, 0.15) is 52.4 Å². The zero-order valence-corrected chi connectivity index (χ0v) is 12.3. The molecule has 0 aromatic carbocycles. The second kappa shape index (κ2) is 5.43. The van der Waals surface area contributed by atoms with Crippen LogP contribution in [-0.4, -0.2) is 24.5 Å². The van der Waals surface area contributed by atoms with Gasteiger partial charge in [0.2, 0.25) is 5.91 Å². The highest BCUT2D eigenvalue weighted by atomic mass is 16.2. The van der Waals surface area contributed by atoms with E-state index in [1.165, 1.54) is 32.1 Å². The fourth-order valence-electron chi connectivity index (χ4n) is 4.90. The molecule has 2 N–H and O–H groups in total. The number of carbonyl (C=O) groups is 1. The van der Waals surface area contributed by atoms with E-state index in [4.69, 9.17) is 0 Å². The number of hydrogen-bond acceptors (Lipinski definition) is 2. The van der Waals surface area contributed by atoms with Gasteiger partial charge < -0.3 is 10.6 Å². The molecular weight excluding hydrogens is 236 g/mol. The summed E-state index contributed by atoms with van der Waals surface area (Å²) in [5.74, 6) is 3.87. The van der Waals surface area contributed by atoms with Gasteiger partial charge in [-0.25, -0.2) is 0 Å². The van der Waals surface area contributed by atoms with Gasteiger partial charge in [-0.2, -0.15) is 0 Å². The third-order valence-electron chi connectivity index (χ3n) is 6.00. The lowest BCUT2D eigenvalue weighted by atomic mass is 9.79. The standard InChI is InChI=1S/C16H28N2O/c1-3-10(2)17-9-16(19)18-15-8-11-7-14(15)13-6-4-5-12(11)13/h10-15,17H,3-9H2,1-2H3,(H,18,19). The summed E-state index contributed by atoms with van der Waals surface area (Å²) in [6, 6.07) is 0.917. The van der Waals surface area contributed by atoms with E-state index in [0.29, 0.717) is 18.6 Å². The lowest BCUT2D eigenvalue weighted by Gasteiger charge is -2.32. The van der Waals surface area contributed by atoms with Crippen molar-refractivity contribution in [3.63, 3.8) is 0 Å². The Labute approximate surface area is 116 Å². The number of fused-ring (bicyclic) bond motifs is 5. The van der Waals surface area contributed by atoms with Gasteiger partial charge in [0.15, 0.2) is 0 Å². The van der Waals surface area contributed by atoms with Gasteiger partial charge in [0.1, 0.15) is 0 Å². The van der Waals surface area contributed by atoms with Crippen LogP contribution in [0.25, 0.3) is 0 Å². The normalized spacial score (nSPS) is 41.3. The quantitative estimate of drug-likeness (QED) is 0.800. The Kier molecular flexibility index (Phi) is 3.84. The van der Waals surface area contributed by atoms with Crippen molar-refractivity contribution >= 4 is 5.91 Å². The minimum Gasteiger partial charge on any atom is -0.352 e. The van der Waals surface area contributed by atoms with E-state index >= 15 is 0 Å². The van der Waals surface area contributed by atoms with E-state index in [9.17, 15) is 4.79 Å². The van der Waals surface area contributed by atoms with E-state index in [1.54, 1.807) is 0 Å². The minimum absolute atomic E-state index is 0.201. The van der Waals surface area contributed by atoms with Crippen molar-refractivity contribution in [2.24, 2.45) is 23.7 Å². The molecule has 6 unspecified atom stereocenters. The molecular formula is C16H28N2O. The fraction of sp³-hybridized carbons (Fsp3) is 0.938. The Morgan fingerprint density at radius 2 is 2.00 bits per heavy atom. The molecule has 108 valence electrons. The molecule has 0 heterocycles. The van der Waals surface area contributed by atoms with Gasteiger partial charge in [-0.3, -0.25) is 4.79 Å². The molecule has 6 atom stereocenters. The third kappa shape index (κ3) is 2.54. The number of amides is 1. The zero-order valence-electron chi connectivity index (χ0n) is 12.3. The lowest BCUT2D eigenvalue weighted by molar-refractivity contribution is -0.121. The average molecular weight is 264 g/mol. The number of rotatable bonds is 5. The molecule has 0 aromatic heterocycles. The summed E-state index contributed by atoms with van der Waals surface area (Å²) in [4.78, 5) is 12.0. The molecule has 0 spiro atoms. The predicted molar refractivity (Wildman–Crippen MR) is 76.7 cm³/mol. The van der Waals surface area contributed by atoms with Gasteiger partial charge in [0.05, 0.1) is 6.54 Å². The van der Waals surface area contributed by atoms with E-state index in [1.807, 2.05) is 0 Å². The Morgan fingerprint density at radius 1 is 1.21 bits per heavy atom. The van der Waals surface area contributed by atoms with Gasteiger partial charge in [0, 0.05) is 12.1 Å². The Bertz CT molecular complexity index is 344. The summed E-state index contributed by atoms with van der Waals surface area (Å²) in [5, 5.41) is 6.59. The smallest absolute Gasteiger partial charge is 0.234 e. The molecule has 1 amide bonds. The van der Waals surface area contributed by atoms with Gasteiger partial charge in [0.25, 0.3) is 0 Å². The molecule has 0 aromatic rings. The van der Waals surface area contributed by atoms with Gasteiger partial charge in [-0.1, -0.05) is 13.3 Å². The molecule has 3 rings (SSSR count). The summed E-state index contributed by atoms with van der Waals surface area (Å²) in [7, 11) is 0. The number of hydrogen-bond donors (Lipinski definition) is 2. The van der Waals surface area contributed by atoms with Crippen LogP contribution < -0.4 is 10.6 Å². The topological polar surface area (TPSA) is 41.1 Å². The molecule has 3 saturated carbocycles. The van der Waals surface area contributed by atoms with Crippen LogP contribution in [0.2, 0.25) is 0 Å². The maximum atomic E-state index is 12.0. The van der Waals surface area contributed by atoms with Crippen molar-refractivity contribution in [2.75, 3.05) is 6.54 Å². The largest absolute Gasteiger partial charge is 0.352 e. The van der Waals surface area contributed by atoms with E-state index < -0.39 is 0 Å². The molecule has 3 heteroatoms. The summed E-state index contributed by atoms with van der Waals surface area (Å²) in [5.41, 5.74) is 0. The third-order valence-corrected chi connectivity index (χ3v) is 6.00. The van der Waals surface area contributed by atoms with Crippen LogP contribution >= 0.6 is 0 Å². The second-order valence-electron chi connectivity index (χ2n) is 7.02.